The Morgan fingerprint density at radius 3 is 2.62 bits per heavy atom. The summed E-state index contributed by atoms with van der Waals surface area (Å²) in [5.41, 5.74) is 2.83. The molecule has 26 heavy (non-hydrogen) atoms. The quantitative estimate of drug-likeness (QED) is 0.826. The van der Waals surface area contributed by atoms with Crippen LogP contribution in [0.15, 0.2) is 23.4 Å². The van der Waals surface area contributed by atoms with E-state index in [1.54, 1.807) is 10.9 Å². The molecule has 2 aromatic rings. The molecule has 4 rings (SSSR count). The predicted molar refractivity (Wildman–Crippen MR) is 100.0 cm³/mol. The third-order valence-corrected chi connectivity index (χ3v) is 5.74. The molecule has 0 N–H and O–H groups in total. The molecule has 1 aliphatic carbocycles. The number of aromatic nitrogens is 4. The third kappa shape index (κ3) is 3.85. The van der Waals surface area contributed by atoms with Crippen LogP contribution >= 0.6 is 0 Å². The predicted octanol–water partition coefficient (Wildman–Crippen LogP) is 2.44. The topological polar surface area (TPSA) is 63.9 Å². The van der Waals surface area contributed by atoms with Crippen molar-refractivity contribution in [2.24, 2.45) is 5.92 Å². The molecular weight excluding hydrogens is 326 g/mol. The summed E-state index contributed by atoms with van der Waals surface area (Å²) in [7, 11) is 0. The molecule has 0 radical (unpaired) electrons. The van der Waals surface area contributed by atoms with Crippen molar-refractivity contribution in [3.05, 3.63) is 51.7 Å². The highest BCUT2D eigenvalue weighted by molar-refractivity contribution is 5.12. The van der Waals surface area contributed by atoms with Crippen molar-refractivity contribution in [3.63, 3.8) is 0 Å². The summed E-state index contributed by atoms with van der Waals surface area (Å²) in [6.45, 7) is 7.55. The maximum atomic E-state index is 12.4. The molecule has 0 aromatic carbocycles. The zero-order valence-electron chi connectivity index (χ0n) is 15.7. The van der Waals surface area contributed by atoms with E-state index < -0.39 is 0 Å². The van der Waals surface area contributed by atoms with Gasteiger partial charge in [-0.3, -0.25) is 14.3 Å². The number of piperidine rings is 1. The standard InChI is InChI=1S/C20H27N5O/c1-14-15(2)22-13-25(20(14)26)11-16-6-9-24(10-7-16)12-18-5-8-21-19(23-18)17-3-4-17/h5,8,13,16-17H,3-4,6-7,9-12H2,1-2H3. The van der Waals surface area contributed by atoms with Gasteiger partial charge in [-0.25, -0.2) is 15.0 Å². The van der Waals surface area contributed by atoms with Gasteiger partial charge in [0.25, 0.3) is 5.56 Å². The van der Waals surface area contributed by atoms with Crippen LogP contribution in [0.3, 0.4) is 0 Å². The van der Waals surface area contributed by atoms with Crippen molar-refractivity contribution in [2.75, 3.05) is 13.1 Å². The summed E-state index contributed by atoms with van der Waals surface area (Å²) in [4.78, 5) is 28.3. The van der Waals surface area contributed by atoms with Crippen LogP contribution in [-0.2, 0) is 13.1 Å². The Labute approximate surface area is 154 Å². The lowest BCUT2D eigenvalue weighted by molar-refractivity contribution is 0.164. The van der Waals surface area contributed by atoms with Gasteiger partial charge in [0.2, 0.25) is 0 Å². The first-order valence-electron chi connectivity index (χ1n) is 9.67. The van der Waals surface area contributed by atoms with Crippen molar-refractivity contribution in [3.8, 4) is 0 Å². The summed E-state index contributed by atoms with van der Waals surface area (Å²) in [5, 5.41) is 0. The lowest BCUT2D eigenvalue weighted by Gasteiger charge is -2.32. The second-order valence-corrected chi connectivity index (χ2v) is 7.81. The summed E-state index contributed by atoms with van der Waals surface area (Å²) in [6.07, 6.45) is 8.31. The summed E-state index contributed by atoms with van der Waals surface area (Å²) < 4.78 is 1.79. The minimum atomic E-state index is 0.105. The monoisotopic (exact) mass is 353 g/mol. The van der Waals surface area contributed by atoms with Gasteiger partial charge in [-0.1, -0.05) is 0 Å². The Morgan fingerprint density at radius 2 is 1.88 bits per heavy atom. The number of rotatable bonds is 5. The van der Waals surface area contributed by atoms with E-state index in [0.717, 1.165) is 61.8 Å². The van der Waals surface area contributed by atoms with Gasteiger partial charge in [0, 0.05) is 36.5 Å². The molecule has 6 nitrogen and oxygen atoms in total. The van der Waals surface area contributed by atoms with Gasteiger partial charge in [-0.05, 0) is 64.6 Å². The van der Waals surface area contributed by atoms with Crippen LogP contribution in [0.1, 0.15) is 54.4 Å². The molecule has 2 aromatic heterocycles. The number of nitrogens with zero attached hydrogens (tertiary/aromatic N) is 5. The molecule has 2 fully saturated rings. The van der Waals surface area contributed by atoms with Crippen LogP contribution in [0.5, 0.6) is 0 Å². The molecule has 1 saturated heterocycles. The fourth-order valence-corrected chi connectivity index (χ4v) is 3.68. The van der Waals surface area contributed by atoms with Gasteiger partial charge in [0.1, 0.15) is 5.82 Å². The second kappa shape index (κ2) is 7.27. The highest BCUT2D eigenvalue weighted by Gasteiger charge is 2.27. The number of hydrogen-bond acceptors (Lipinski definition) is 5. The summed E-state index contributed by atoms with van der Waals surface area (Å²) in [5.74, 6) is 2.17. The molecule has 3 heterocycles. The molecule has 0 amide bonds. The van der Waals surface area contributed by atoms with Crippen LogP contribution in [0.25, 0.3) is 0 Å². The third-order valence-electron chi connectivity index (χ3n) is 5.74. The largest absolute Gasteiger partial charge is 0.299 e. The first-order valence-corrected chi connectivity index (χ1v) is 9.67. The minimum absolute atomic E-state index is 0.105. The van der Waals surface area contributed by atoms with Gasteiger partial charge in [-0.2, -0.15) is 0 Å². The van der Waals surface area contributed by atoms with Crippen LogP contribution in [0.2, 0.25) is 0 Å². The summed E-state index contributed by atoms with van der Waals surface area (Å²) in [6, 6.07) is 2.04. The highest BCUT2D eigenvalue weighted by Crippen LogP contribution is 2.37. The van der Waals surface area contributed by atoms with E-state index in [-0.39, 0.29) is 5.56 Å². The van der Waals surface area contributed by atoms with E-state index in [1.807, 2.05) is 26.1 Å². The van der Waals surface area contributed by atoms with Crippen LogP contribution in [-0.4, -0.2) is 37.5 Å². The van der Waals surface area contributed by atoms with E-state index >= 15 is 0 Å². The van der Waals surface area contributed by atoms with Gasteiger partial charge >= 0.3 is 0 Å². The Morgan fingerprint density at radius 1 is 1.12 bits per heavy atom. The number of aryl methyl sites for hydroxylation is 1. The molecule has 1 aliphatic heterocycles. The van der Waals surface area contributed by atoms with Crippen molar-refractivity contribution < 1.29 is 0 Å². The molecule has 2 aliphatic rings. The van der Waals surface area contributed by atoms with E-state index in [1.165, 1.54) is 12.8 Å². The van der Waals surface area contributed by atoms with E-state index in [9.17, 15) is 4.79 Å². The second-order valence-electron chi connectivity index (χ2n) is 7.81. The molecule has 0 spiro atoms. The smallest absolute Gasteiger partial charge is 0.256 e. The summed E-state index contributed by atoms with van der Waals surface area (Å²) >= 11 is 0. The molecule has 0 atom stereocenters. The van der Waals surface area contributed by atoms with Gasteiger partial charge in [0.15, 0.2) is 0 Å². The lowest BCUT2D eigenvalue weighted by atomic mass is 9.96. The first-order chi connectivity index (χ1) is 12.6. The average Bonchev–Trinajstić information content (AvgIpc) is 3.49. The van der Waals surface area contributed by atoms with Gasteiger partial charge < -0.3 is 0 Å². The maximum absolute atomic E-state index is 12.4. The highest BCUT2D eigenvalue weighted by atomic mass is 16.1. The molecule has 0 unspecified atom stereocenters. The fraction of sp³-hybridized carbons (Fsp3) is 0.600. The molecule has 6 heteroatoms. The molecule has 138 valence electrons. The van der Waals surface area contributed by atoms with Crippen molar-refractivity contribution in [1.29, 1.82) is 0 Å². The van der Waals surface area contributed by atoms with Crippen molar-refractivity contribution >= 4 is 0 Å². The van der Waals surface area contributed by atoms with Crippen LogP contribution < -0.4 is 5.56 Å². The number of hydrogen-bond donors (Lipinski definition) is 0. The van der Waals surface area contributed by atoms with Gasteiger partial charge in [-0.15, -0.1) is 0 Å². The fourth-order valence-electron chi connectivity index (χ4n) is 3.68. The van der Waals surface area contributed by atoms with Gasteiger partial charge in [0.05, 0.1) is 12.0 Å². The maximum Gasteiger partial charge on any atom is 0.256 e. The SMILES string of the molecule is Cc1ncn(CC2CCN(Cc3ccnc(C4CC4)n3)CC2)c(=O)c1C. The Bertz CT molecular complexity index is 834. The molecule has 0 bridgehead atoms. The number of likely N-dealkylation sites (tertiary alicyclic amines) is 1. The van der Waals surface area contributed by atoms with E-state index in [0.29, 0.717) is 11.8 Å². The zero-order valence-corrected chi connectivity index (χ0v) is 15.7. The minimum Gasteiger partial charge on any atom is -0.299 e. The van der Waals surface area contributed by atoms with Crippen molar-refractivity contribution in [1.82, 2.24) is 24.4 Å². The van der Waals surface area contributed by atoms with E-state index in [4.69, 9.17) is 4.98 Å². The average molecular weight is 353 g/mol. The normalized spacial score (nSPS) is 19.0. The van der Waals surface area contributed by atoms with Crippen LogP contribution in [0, 0.1) is 19.8 Å². The van der Waals surface area contributed by atoms with Crippen molar-refractivity contribution in [2.45, 2.75) is 58.5 Å². The van der Waals surface area contributed by atoms with Crippen LogP contribution in [0.4, 0.5) is 0 Å². The molecular formula is C20H27N5O. The zero-order chi connectivity index (χ0) is 18.1. The Hall–Kier alpha value is -2.08. The molecule has 1 saturated carbocycles. The lowest BCUT2D eigenvalue weighted by Crippen LogP contribution is -2.36. The van der Waals surface area contributed by atoms with E-state index in [2.05, 4.69) is 14.9 Å². The Balaban J connectivity index is 1.32. The Kier molecular flexibility index (Phi) is 4.85. The first kappa shape index (κ1) is 17.3.